The van der Waals surface area contributed by atoms with Gasteiger partial charge >= 0.3 is 0 Å². The molecule has 98 valence electrons. The zero-order chi connectivity index (χ0) is 14.0. The first-order chi connectivity index (χ1) is 8.97. The Kier molecular flexibility index (Phi) is 3.90. The van der Waals surface area contributed by atoms with E-state index in [1.807, 2.05) is 0 Å². The molecule has 0 unspecified atom stereocenters. The molecule has 0 aliphatic heterocycles. The number of benzene rings is 2. The number of Topliss-reactive ketones (excluding diaryl/α,β-unsaturated/α-hetero) is 1. The van der Waals surface area contributed by atoms with E-state index in [1.165, 1.54) is 12.1 Å². The van der Waals surface area contributed by atoms with E-state index in [4.69, 9.17) is 11.6 Å². The van der Waals surface area contributed by atoms with Gasteiger partial charge in [-0.1, -0.05) is 11.6 Å². The first kappa shape index (κ1) is 13.6. The summed E-state index contributed by atoms with van der Waals surface area (Å²) < 4.78 is 39.8. The second kappa shape index (κ2) is 5.45. The molecule has 1 nitrogen and oxygen atoms in total. The van der Waals surface area contributed by atoms with Crippen molar-refractivity contribution in [1.82, 2.24) is 0 Å². The van der Waals surface area contributed by atoms with E-state index in [2.05, 4.69) is 0 Å². The molecule has 0 saturated carbocycles. The molecule has 0 amide bonds. The summed E-state index contributed by atoms with van der Waals surface area (Å²) >= 11 is 5.69. The third-order valence-electron chi connectivity index (χ3n) is 2.59. The van der Waals surface area contributed by atoms with Crippen molar-refractivity contribution in [2.24, 2.45) is 0 Å². The fraction of sp³-hybridized carbons (Fsp3) is 0.0714. The minimum Gasteiger partial charge on any atom is -0.294 e. The lowest BCUT2D eigenvalue weighted by molar-refractivity contribution is 0.0987. The van der Waals surface area contributed by atoms with E-state index < -0.39 is 28.8 Å². The predicted octanol–water partition coefficient (Wildman–Crippen LogP) is 4.18. The van der Waals surface area contributed by atoms with Crippen LogP contribution in [0, 0.1) is 17.5 Å². The third kappa shape index (κ3) is 3.15. The van der Waals surface area contributed by atoms with Crippen molar-refractivity contribution < 1.29 is 18.0 Å². The van der Waals surface area contributed by atoms with Gasteiger partial charge in [0.1, 0.15) is 17.5 Å². The highest BCUT2D eigenvalue weighted by Crippen LogP contribution is 2.18. The van der Waals surface area contributed by atoms with Crippen LogP contribution in [0.15, 0.2) is 36.4 Å². The number of halogens is 4. The van der Waals surface area contributed by atoms with Gasteiger partial charge in [0.15, 0.2) is 5.78 Å². The highest BCUT2D eigenvalue weighted by molar-refractivity contribution is 6.30. The maximum absolute atomic E-state index is 13.4. The second-order valence-electron chi connectivity index (χ2n) is 3.96. The minimum atomic E-state index is -0.839. The van der Waals surface area contributed by atoms with Crippen LogP contribution in [0.25, 0.3) is 0 Å². The first-order valence-corrected chi connectivity index (χ1v) is 5.77. The Morgan fingerprint density at radius 1 is 1.00 bits per heavy atom. The lowest BCUT2D eigenvalue weighted by Crippen LogP contribution is -2.08. The van der Waals surface area contributed by atoms with Crippen molar-refractivity contribution >= 4 is 17.4 Å². The van der Waals surface area contributed by atoms with Gasteiger partial charge in [0.05, 0.1) is 5.56 Å². The summed E-state index contributed by atoms with van der Waals surface area (Å²) in [6.07, 6.45) is -0.382. The lowest BCUT2D eigenvalue weighted by atomic mass is 10.0. The molecular weight excluding hydrogens is 277 g/mol. The molecule has 2 rings (SSSR count). The maximum atomic E-state index is 13.4. The van der Waals surface area contributed by atoms with Gasteiger partial charge in [0.2, 0.25) is 0 Å². The smallest absolute Gasteiger partial charge is 0.170 e. The summed E-state index contributed by atoms with van der Waals surface area (Å²) in [4.78, 5) is 11.8. The zero-order valence-electron chi connectivity index (χ0n) is 9.59. The average molecular weight is 285 g/mol. The molecule has 0 fully saturated rings. The number of ketones is 1. The molecule has 0 aliphatic carbocycles. The predicted molar refractivity (Wildman–Crippen MR) is 65.8 cm³/mol. The van der Waals surface area contributed by atoms with E-state index in [0.717, 1.165) is 24.3 Å². The van der Waals surface area contributed by atoms with E-state index in [1.54, 1.807) is 0 Å². The second-order valence-corrected chi connectivity index (χ2v) is 4.40. The van der Waals surface area contributed by atoms with Gasteiger partial charge in [-0.05, 0) is 42.0 Å². The minimum absolute atomic E-state index is 0.0427. The number of carbonyl (C=O) groups excluding carboxylic acids is 1. The van der Waals surface area contributed by atoms with Crippen molar-refractivity contribution in [3.05, 3.63) is 70.0 Å². The SMILES string of the molecule is O=C(Cc1cc(Cl)ccc1F)c1cc(F)ccc1F. The van der Waals surface area contributed by atoms with Crippen molar-refractivity contribution in [1.29, 1.82) is 0 Å². The van der Waals surface area contributed by atoms with Crippen molar-refractivity contribution in [3.63, 3.8) is 0 Å². The fourth-order valence-electron chi connectivity index (χ4n) is 1.66. The molecule has 0 aromatic heterocycles. The van der Waals surface area contributed by atoms with Crippen LogP contribution < -0.4 is 0 Å². The van der Waals surface area contributed by atoms with Crippen LogP contribution >= 0.6 is 11.6 Å². The van der Waals surface area contributed by atoms with Crippen molar-refractivity contribution in [2.75, 3.05) is 0 Å². The molecule has 0 spiro atoms. The van der Waals surface area contributed by atoms with E-state index in [-0.39, 0.29) is 17.0 Å². The van der Waals surface area contributed by atoms with Crippen LogP contribution in [0.1, 0.15) is 15.9 Å². The highest BCUT2D eigenvalue weighted by Gasteiger charge is 2.15. The average Bonchev–Trinajstić information content (AvgIpc) is 2.36. The normalized spacial score (nSPS) is 10.5. The number of hydrogen-bond acceptors (Lipinski definition) is 1. The van der Waals surface area contributed by atoms with Crippen LogP contribution in [0.2, 0.25) is 5.02 Å². The topological polar surface area (TPSA) is 17.1 Å². The summed E-state index contributed by atoms with van der Waals surface area (Å²) in [6.45, 7) is 0. The van der Waals surface area contributed by atoms with Gasteiger partial charge in [-0.3, -0.25) is 4.79 Å². The van der Waals surface area contributed by atoms with E-state index >= 15 is 0 Å². The number of rotatable bonds is 3. The maximum Gasteiger partial charge on any atom is 0.170 e. The molecule has 2 aromatic rings. The molecule has 0 saturated heterocycles. The van der Waals surface area contributed by atoms with Crippen molar-refractivity contribution in [3.8, 4) is 0 Å². The van der Waals surface area contributed by atoms with Crippen LogP contribution in [0.5, 0.6) is 0 Å². The Hall–Kier alpha value is -1.81. The quantitative estimate of drug-likeness (QED) is 0.773. The van der Waals surface area contributed by atoms with Crippen molar-refractivity contribution in [2.45, 2.75) is 6.42 Å². The van der Waals surface area contributed by atoms with Gasteiger partial charge in [-0.2, -0.15) is 0 Å². The first-order valence-electron chi connectivity index (χ1n) is 5.39. The van der Waals surface area contributed by atoms with Gasteiger partial charge < -0.3 is 0 Å². The largest absolute Gasteiger partial charge is 0.294 e. The molecule has 2 aromatic carbocycles. The highest BCUT2D eigenvalue weighted by atomic mass is 35.5. The molecule has 0 bridgehead atoms. The van der Waals surface area contributed by atoms with Crippen LogP contribution in [0.4, 0.5) is 13.2 Å². The van der Waals surface area contributed by atoms with Crippen LogP contribution in [-0.2, 0) is 6.42 Å². The van der Waals surface area contributed by atoms with E-state index in [9.17, 15) is 18.0 Å². The summed E-state index contributed by atoms with van der Waals surface area (Å²) in [7, 11) is 0. The molecular formula is C14H8ClF3O. The van der Waals surface area contributed by atoms with E-state index in [0.29, 0.717) is 0 Å². The molecule has 19 heavy (non-hydrogen) atoms. The van der Waals surface area contributed by atoms with Gasteiger partial charge in [0.25, 0.3) is 0 Å². The van der Waals surface area contributed by atoms with Gasteiger partial charge in [0, 0.05) is 11.4 Å². The Balaban J connectivity index is 2.30. The zero-order valence-corrected chi connectivity index (χ0v) is 10.3. The molecule has 0 heterocycles. The molecule has 0 N–H and O–H groups in total. The molecule has 0 atom stereocenters. The summed E-state index contributed by atoms with van der Waals surface area (Å²) in [5, 5.41) is 0.268. The number of carbonyl (C=O) groups is 1. The lowest BCUT2D eigenvalue weighted by Gasteiger charge is -2.05. The molecule has 5 heteroatoms. The third-order valence-corrected chi connectivity index (χ3v) is 2.82. The van der Waals surface area contributed by atoms with Crippen LogP contribution in [0.3, 0.4) is 0 Å². The van der Waals surface area contributed by atoms with Crippen LogP contribution in [-0.4, -0.2) is 5.78 Å². The molecule has 0 radical (unpaired) electrons. The Bertz CT molecular complexity index is 641. The van der Waals surface area contributed by atoms with Gasteiger partial charge in [-0.25, -0.2) is 13.2 Å². The standard InChI is InChI=1S/C14H8ClF3O/c15-9-1-3-12(17)8(5-9)6-14(19)11-7-10(16)2-4-13(11)18/h1-5,7H,6H2. The Labute approximate surface area is 112 Å². The summed E-state index contributed by atoms with van der Waals surface area (Å²) in [5.74, 6) is -2.89. The summed E-state index contributed by atoms with van der Waals surface area (Å²) in [6, 6.07) is 6.30. The Morgan fingerprint density at radius 3 is 2.42 bits per heavy atom. The Morgan fingerprint density at radius 2 is 1.68 bits per heavy atom. The fourth-order valence-corrected chi connectivity index (χ4v) is 1.85. The summed E-state index contributed by atoms with van der Waals surface area (Å²) in [5.41, 5.74) is -0.361. The number of hydrogen-bond donors (Lipinski definition) is 0. The van der Waals surface area contributed by atoms with Gasteiger partial charge in [-0.15, -0.1) is 0 Å². The molecule has 0 aliphatic rings. The monoisotopic (exact) mass is 284 g/mol.